The fraction of sp³-hybridized carbons (Fsp3) is 0.682. The van der Waals surface area contributed by atoms with E-state index in [0.29, 0.717) is 29.9 Å². The molecule has 7 nitrogen and oxygen atoms in total. The summed E-state index contributed by atoms with van der Waals surface area (Å²) in [6.07, 6.45) is 5.25. The van der Waals surface area contributed by atoms with E-state index in [0.717, 1.165) is 51.3 Å². The quantitative estimate of drug-likeness (QED) is 0.507. The first-order chi connectivity index (χ1) is 14.5. The Balaban J connectivity index is 1.40. The minimum atomic E-state index is -3.38. The topological polar surface area (TPSA) is 77.0 Å². The Morgan fingerprint density at radius 3 is 2.33 bits per heavy atom. The van der Waals surface area contributed by atoms with Gasteiger partial charge >= 0.3 is 0 Å². The van der Waals surface area contributed by atoms with Gasteiger partial charge < -0.3 is 15.5 Å². The molecule has 0 amide bonds. The molecule has 2 aliphatic heterocycles. The number of benzene rings is 1. The van der Waals surface area contributed by atoms with Gasteiger partial charge in [-0.3, -0.25) is 4.99 Å². The summed E-state index contributed by atoms with van der Waals surface area (Å²) < 4.78 is 27.2. The van der Waals surface area contributed by atoms with Crippen LogP contribution in [0.3, 0.4) is 0 Å². The molecule has 2 heterocycles. The van der Waals surface area contributed by atoms with E-state index >= 15 is 0 Å². The van der Waals surface area contributed by atoms with Crippen LogP contribution in [-0.4, -0.2) is 75.9 Å². The molecule has 0 bridgehead atoms. The molecule has 2 fully saturated rings. The van der Waals surface area contributed by atoms with Gasteiger partial charge in [-0.15, -0.1) is 0 Å². The van der Waals surface area contributed by atoms with E-state index < -0.39 is 10.0 Å². The highest BCUT2D eigenvalue weighted by Crippen LogP contribution is 2.23. The molecule has 2 aliphatic rings. The maximum Gasteiger partial charge on any atom is 0.243 e. The molecule has 168 valence electrons. The van der Waals surface area contributed by atoms with Gasteiger partial charge in [0.25, 0.3) is 0 Å². The second-order valence-electron chi connectivity index (χ2n) is 8.37. The lowest BCUT2D eigenvalue weighted by Gasteiger charge is -2.34. The van der Waals surface area contributed by atoms with Crippen molar-refractivity contribution in [3.8, 4) is 0 Å². The number of hydrogen-bond acceptors (Lipinski definition) is 4. The maximum absolute atomic E-state index is 12.8. The molecule has 2 saturated heterocycles. The third-order valence-electron chi connectivity index (χ3n) is 6.20. The molecule has 0 aromatic heterocycles. The summed E-state index contributed by atoms with van der Waals surface area (Å²) in [4.78, 5) is 7.31. The molecule has 3 rings (SSSR count). The smallest absolute Gasteiger partial charge is 0.243 e. The van der Waals surface area contributed by atoms with Crippen molar-refractivity contribution in [3.05, 3.63) is 30.3 Å². The van der Waals surface area contributed by atoms with E-state index in [-0.39, 0.29) is 0 Å². The monoisotopic (exact) mass is 435 g/mol. The lowest BCUT2D eigenvalue weighted by molar-refractivity contribution is 0.206. The number of guanidine groups is 1. The van der Waals surface area contributed by atoms with Crippen LogP contribution in [0.2, 0.25) is 0 Å². The summed E-state index contributed by atoms with van der Waals surface area (Å²) in [5.41, 5.74) is 0. The predicted molar refractivity (Wildman–Crippen MR) is 122 cm³/mol. The van der Waals surface area contributed by atoms with E-state index in [9.17, 15) is 8.42 Å². The lowest BCUT2D eigenvalue weighted by atomic mass is 9.98. The van der Waals surface area contributed by atoms with Gasteiger partial charge in [0.2, 0.25) is 10.0 Å². The Kier molecular flexibility index (Phi) is 8.53. The highest BCUT2D eigenvalue weighted by Gasteiger charge is 2.29. The zero-order valence-electron chi connectivity index (χ0n) is 18.4. The largest absolute Gasteiger partial charge is 0.356 e. The number of hydrogen-bond donors (Lipinski definition) is 2. The van der Waals surface area contributed by atoms with Crippen molar-refractivity contribution in [1.29, 1.82) is 0 Å². The molecule has 0 aliphatic carbocycles. The van der Waals surface area contributed by atoms with Crippen molar-refractivity contribution in [3.63, 3.8) is 0 Å². The third-order valence-corrected chi connectivity index (χ3v) is 8.12. The highest BCUT2D eigenvalue weighted by atomic mass is 32.2. The molecular weight excluding hydrogens is 398 g/mol. The van der Waals surface area contributed by atoms with Gasteiger partial charge in [0.15, 0.2) is 5.96 Å². The maximum atomic E-state index is 12.8. The van der Waals surface area contributed by atoms with E-state index in [4.69, 9.17) is 0 Å². The fourth-order valence-electron chi connectivity index (χ4n) is 4.34. The van der Waals surface area contributed by atoms with Crippen LogP contribution >= 0.6 is 0 Å². The molecule has 30 heavy (non-hydrogen) atoms. The molecule has 8 heteroatoms. The number of likely N-dealkylation sites (tertiary alicyclic amines) is 1. The second kappa shape index (κ2) is 11.1. The van der Waals surface area contributed by atoms with Crippen molar-refractivity contribution < 1.29 is 8.42 Å². The van der Waals surface area contributed by atoms with Crippen molar-refractivity contribution in [2.24, 2.45) is 10.9 Å². The van der Waals surface area contributed by atoms with Gasteiger partial charge in [-0.05, 0) is 56.7 Å². The lowest BCUT2D eigenvalue weighted by Crippen LogP contribution is -2.50. The van der Waals surface area contributed by atoms with Crippen molar-refractivity contribution in [2.45, 2.75) is 50.0 Å². The van der Waals surface area contributed by atoms with Gasteiger partial charge in [-0.1, -0.05) is 25.1 Å². The van der Waals surface area contributed by atoms with Crippen LogP contribution in [0.4, 0.5) is 0 Å². The molecule has 0 spiro atoms. The highest BCUT2D eigenvalue weighted by molar-refractivity contribution is 7.89. The molecule has 0 atom stereocenters. The Morgan fingerprint density at radius 1 is 1.07 bits per heavy atom. The van der Waals surface area contributed by atoms with E-state index in [1.165, 1.54) is 13.0 Å². The van der Waals surface area contributed by atoms with Gasteiger partial charge in [0.1, 0.15) is 0 Å². The molecule has 0 saturated carbocycles. The van der Waals surface area contributed by atoms with Gasteiger partial charge in [0.05, 0.1) is 4.90 Å². The van der Waals surface area contributed by atoms with E-state index in [1.807, 2.05) is 13.1 Å². The standard InChI is InChI=1S/C22H37N5O2S/c1-3-13-26-14-11-20(12-15-26)25-22(23-2)24-18-19-9-16-27(17-10-19)30(28,29)21-7-5-4-6-8-21/h4-8,19-20H,3,9-18H2,1-2H3,(H2,23,24,25). The minimum absolute atomic E-state index is 0.385. The van der Waals surface area contributed by atoms with Crippen molar-refractivity contribution >= 4 is 16.0 Å². The third kappa shape index (κ3) is 6.18. The van der Waals surface area contributed by atoms with Gasteiger partial charge in [-0.2, -0.15) is 4.31 Å². The van der Waals surface area contributed by atoms with Crippen molar-refractivity contribution in [2.75, 3.05) is 46.3 Å². The number of rotatable bonds is 7. The summed E-state index contributed by atoms with van der Waals surface area (Å²) in [7, 11) is -1.56. The Labute approximate surface area is 182 Å². The molecular formula is C22H37N5O2S. The summed E-state index contributed by atoms with van der Waals surface area (Å²) in [5, 5.41) is 7.03. The number of nitrogens with one attached hydrogen (secondary N) is 2. The first-order valence-electron chi connectivity index (χ1n) is 11.3. The summed E-state index contributed by atoms with van der Waals surface area (Å²) in [6.45, 7) is 7.70. The average molecular weight is 436 g/mol. The first-order valence-corrected chi connectivity index (χ1v) is 12.7. The Bertz CT molecular complexity index is 768. The van der Waals surface area contributed by atoms with Crippen molar-refractivity contribution in [1.82, 2.24) is 19.8 Å². The van der Waals surface area contributed by atoms with Gasteiger partial charge in [0, 0.05) is 45.8 Å². The van der Waals surface area contributed by atoms with Crippen LogP contribution in [0.5, 0.6) is 0 Å². The Hall–Kier alpha value is -1.64. The number of aliphatic imine (C=N–C) groups is 1. The van der Waals surface area contributed by atoms with E-state index in [2.05, 4.69) is 27.4 Å². The van der Waals surface area contributed by atoms with Crippen LogP contribution in [-0.2, 0) is 10.0 Å². The SMILES string of the molecule is CCCN1CCC(NC(=NC)NCC2CCN(S(=O)(=O)c3ccccc3)CC2)CC1. The summed E-state index contributed by atoms with van der Waals surface area (Å²) in [5.74, 6) is 1.32. The molecule has 1 aromatic rings. The summed E-state index contributed by atoms with van der Waals surface area (Å²) >= 11 is 0. The number of nitrogens with zero attached hydrogens (tertiary/aromatic N) is 3. The summed E-state index contributed by atoms with van der Waals surface area (Å²) in [6, 6.07) is 9.21. The predicted octanol–water partition coefficient (Wildman–Crippen LogP) is 2.13. The van der Waals surface area contributed by atoms with E-state index in [1.54, 1.807) is 28.6 Å². The fourth-order valence-corrected chi connectivity index (χ4v) is 5.83. The first kappa shape index (κ1) is 23.0. The molecule has 1 aromatic carbocycles. The molecule has 0 unspecified atom stereocenters. The normalized spacial score (nSPS) is 20.9. The zero-order valence-corrected chi connectivity index (χ0v) is 19.2. The van der Waals surface area contributed by atoms with Crippen LogP contribution in [0.15, 0.2) is 40.2 Å². The number of piperidine rings is 2. The second-order valence-corrected chi connectivity index (χ2v) is 10.3. The molecule has 0 radical (unpaired) electrons. The van der Waals surface area contributed by atoms with Crippen LogP contribution < -0.4 is 10.6 Å². The average Bonchev–Trinajstić information content (AvgIpc) is 2.79. The molecule has 2 N–H and O–H groups in total. The van der Waals surface area contributed by atoms with Crippen LogP contribution in [0, 0.1) is 5.92 Å². The van der Waals surface area contributed by atoms with Crippen LogP contribution in [0.1, 0.15) is 39.0 Å². The Morgan fingerprint density at radius 2 is 1.73 bits per heavy atom. The number of sulfonamides is 1. The minimum Gasteiger partial charge on any atom is -0.356 e. The zero-order chi connectivity index (χ0) is 21.4. The van der Waals surface area contributed by atoms with Gasteiger partial charge in [-0.25, -0.2) is 8.42 Å². The van der Waals surface area contributed by atoms with Crippen LogP contribution in [0.25, 0.3) is 0 Å².